The number of halogens is 6. The largest absolute Gasteiger partial charge is 0.416 e. The Balaban J connectivity index is 1.71. The first kappa shape index (κ1) is 26.0. The van der Waals surface area contributed by atoms with Crippen molar-refractivity contribution in [3.63, 3.8) is 0 Å². The van der Waals surface area contributed by atoms with Gasteiger partial charge in [-0.05, 0) is 52.3 Å². The van der Waals surface area contributed by atoms with Crippen molar-refractivity contribution in [1.29, 1.82) is 0 Å². The highest BCUT2D eigenvalue weighted by molar-refractivity contribution is 9.10. The van der Waals surface area contributed by atoms with E-state index < -0.39 is 32.7 Å². The minimum absolute atomic E-state index is 0.00479. The molecule has 0 unspecified atom stereocenters. The molecule has 2 aromatic carbocycles. The van der Waals surface area contributed by atoms with Crippen molar-refractivity contribution in [2.24, 2.45) is 5.10 Å². The maximum Gasteiger partial charge on any atom is 0.416 e. The molecule has 1 aromatic heterocycles. The number of nitrogens with one attached hydrogen (secondary N) is 1. The molecule has 34 heavy (non-hydrogen) atoms. The molecule has 180 valence electrons. The van der Waals surface area contributed by atoms with Crippen molar-refractivity contribution in [3.05, 3.63) is 74.7 Å². The van der Waals surface area contributed by atoms with E-state index in [-0.39, 0.29) is 32.9 Å². The van der Waals surface area contributed by atoms with Gasteiger partial charge in [-0.2, -0.15) is 26.7 Å². The Morgan fingerprint density at radius 1 is 1.18 bits per heavy atom. The highest BCUT2D eigenvalue weighted by atomic mass is 79.9. The fraction of sp³-hybridized carbons (Fsp3) is 0.105. The van der Waals surface area contributed by atoms with E-state index in [1.54, 1.807) is 6.07 Å². The van der Waals surface area contributed by atoms with E-state index in [2.05, 4.69) is 31.4 Å². The lowest BCUT2D eigenvalue weighted by atomic mass is 10.2. The molecule has 0 aliphatic carbocycles. The minimum Gasteiger partial charge on any atom is -0.378 e. The van der Waals surface area contributed by atoms with E-state index in [4.69, 9.17) is 27.4 Å². The maximum atomic E-state index is 12.7. The smallest absolute Gasteiger partial charge is 0.378 e. The molecule has 0 aliphatic rings. The van der Waals surface area contributed by atoms with E-state index in [9.17, 15) is 26.4 Å². The van der Waals surface area contributed by atoms with Gasteiger partial charge in [-0.3, -0.25) is 9.36 Å². The average Bonchev–Trinajstić information content (AvgIpc) is 3.00. The third-order valence-corrected chi connectivity index (χ3v) is 6.70. The van der Waals surface area contributed by atoms with E-state index in [0.717, 1.165) is 18.3 Å². The Bertz CT molecular complexity index is 1350. The van der Waals surface area contributed by atoms with Crippen LogP contribution in [-0.2, 0) is 27.6 Å². The van der Waals surface area contributed by atoms with Crippen molar-refractivity contribution in [2.45, 2.75) is 17.6 Å². The number of benzene rings is 2. The van der Waals surface area contributed by atoms with E-state index >= 15 is 0 Å². The second-order valence-corrected chi connectivity index (χ2v) is 9.41. The van der Waals surface area contributed by atoms with Crippen LogP contribution in [0.1, 0.15) is 11.1 Å². The topological polar surface area (TPSA) is 103 Å². The number of aromatic nitrogens is 2. The molecule has 1 amide bonds. The molecule has 0 aliphatic heterocycles. The zero-order valence-electron chi connectivity index (χ0n) is 16.6. The van der Waals surface area contributed by atoms with Gasteiger partial charge in [0.2, 0.25) is 0 Å². The molecule has 0 spiro atoms. The Kier molecular flexibility index (Phi) is 7.91. The third kappa shape index (κ3) is 6.29. The number of carbonyl (C=O) groups excluding carboxylic acids is 1. The molecule has 3 rings (SSSR count). The number of nitrogens with zero attached hydrogens (tertiary/aromatic N) is 3. The van der Waals surface area contributed by atoms with Gasteiger partial charge in [-0.1, -0.05) is 35.3 Å². The molecule has 8 nitrogen and oxygen atoms in total. The number of hydrogen-bond donors (Lipinski definition) is 1. The van der Waals surface area contributed by atoms with Crippen LogP contribution in [0.2, 0.25) is 10.3 Å². The lowest BCUT2D eigenvalue weighted by molar-refractivity contribution is -0.137. The fourth-order valence-corrected chi connectivity index (χ4v) is 4.51. The molecule has 3 aromatic rings. The monoisotopic (exact) mass is 598 g/mol. The van der Waals surface area contributed by atoms with Crippen LogP contribution < -0.4 is 9.61 Å². The zero-order chi connectivity index (χ0) is 25.1. The van der Waals surface area contributed by atoms with Crippen LogP contribution in [0.15, 0.2) is 63.3 Å². The summed E-state index contributed by atoms with van der Waals surface area (Å²) in [5.41, 5.74) is 1.40. The number of imidazole rings is 1. The summed E-state index contributed by atoms with van der Waals surface area (Å²) >= 11 is 14.8. The Morgan fingerprint density at radius 2 is 1.82 bits per heavy atom. The predicted molar refractivity (Wildman–Crippen MR) is 121 cm³/mol. The first-order chi connectivity index (χ1) is 15.9. The van der Waals surface area contributed by atoms with E-state index in [1.807, 2.05) is 0 Å². The molecule has 0 fully saturated rings. The van der Waals surface area contributed by atoms with Crippen LogP contribution in [0.25, 0.3) is 0 Å². The second-order valence-electron chi connectivity index (χ2n) is 6.44. The lowest BCUT2D eigenvalue weighted by Crippen LogP contribution is -2.23. The van der Waals surface area contributed by atoms with Crippen LogP contribution in [0.5, 0.6) is 5.75 Å². The van der Waals surface area contributed by atoms with Gasteiger partial charge < -0.3 is 4.18 Å². The van der Waals surface area contributed by atoms with Gasteiger partial charge in [-0.15, -0.1) is 0 Å². The molecule has 0 radical (unpaired) electrons. The normalized spacial score (nSPS) is 12.2. The van der Waals surface area contributed by atoms with Gasteiger partial charge in [0.1, 0.15) is 16.6 Å². The summed E-state index contributed by atoms with van der Waals surface area (Å²) in [5.74, 6) is -0.753. The van der Waals surface area contributed by atoms with Crippen LogP contribution in [0.4, 0.5) is 13.2 Å². The number of alkyl halides is 3. The molecule has 0 saturated heterocycles. The number of hydrazone groups is 1. The average molecular weight is 600 g/mol. The zero-order valence-corrected chi connectivity index (χ0v) is 20.5. The number of hydrogen-bond acceptors (Lipinski definition) is 6. The maximum absolute atomic E-state index is 12.7. The summed E-state index contributed by atoms with van der Waals surface area (Å²) in [5, 5.41) is 3.80. The van der Waals surface area contributed by atoms with E-state index in [0.29, 0.717) is 12.1 Å². The number of rotatable bonds is 7. The first-order valence-electron chi connectivity index (χ1n) is 8.98. The summed E-state index contributed by atoms with van der Waals surface area (Å²) in [6.45, 7) is -0.267. The van der Waals surface area contributed by atoms with Gasteiger partial charge in [0, 0.05) is 5.56 Å². The van der Waals surface area contributed by atoms with Gasteiger partial charge in [0.05, 0.1) is 11.8 Å². The molecular weight excluding hydrogens is 588 g/mol. The Morgan fingerprint density at radius 3 is 2.41 bits per heavy atom. The molecule has 1 heterocycles. The summed E-state index contributed by atoms with van der Waals surface area (Å²) in [6.07, 6.45) is -3.48. The van der Waals surface area contributed by atoms with Crippen LogP contribution in [0, 0.1) is 0 Å². The van der Waals surface area contributed by atoms with Gasteiger partial charge in [0.25, 0.3) is 5.91 Å². The summed E-state index contributed by atoms with van der Waals surface area (Å²) in [6, 6.07) is 8.67. The fourth-order valence-electron chi connectivity index (χ4n) is 2.51. The van der Waals surface area contributed by atoms with Crippen molar-refractivity contribution in [3.8, 4) is 5.75 Å². The molecule has 0 saturated carbocycles. The lowest BCUT2D eigenvalue weighted by Gasteiger charge is -2.11. The highest BCUT2D eigenvalue weighted by Crippen LogP contribution is 2.30. The van der Waals surface area contributed by atoms with Gasteiger partial charge in [-0.25, -0.2) is 10.4 Å². The predicted octanol–water partition coefficient (Wildman–Crippen LogP) is 4.89. The Labute approximate surface area is 209 Å². The van der Waals surface area contributed by atoms with Crippen molar-refractivity contribution in [2.75, 3.05) is 0 Å². The first-order valence-corrected chi connectivity index (χ1v) is 11.9. The summed E-state index contributed by atoms with van der Waals surface area (Å²) in [7, 11) is -4.45. The van der Waals surface area contributed by atoms with Crippen LogP contribution in [-0.4, -0.2) is 30.1 Å². The number of para-hydroxylation sites is 1. The minimum atomic E-state index is -4.61. The van der Waals surface area contributed by atoms with Crippen LogP contribution >= 0.6 is 39.1 Å². The molecule has 0 bridgehead atoms. The van der Waals surface area contributed by atoms with Crippen LogP contribution in [0.3, 0.4) is 0 Å². The highest BCUT2D eigenvalue weighted by Gasteiger charge is 2.31. The van der Waals surface area contributed by atoms with Crippen molar-refractivity contribution in [1.82, 2.24) is 15.0 Å². The molecule has 15 heteroatoms. The summed E-state index contributed by atoms with van der Waals surface area (Å²) < 4.78 is 69.7. The third-order valence-electron chi connectivity index (χ3n) is 4.10. The van der Waals surface area contributed by atoms with Gasteiger partial charge >= 0.3 is 16.3 Å². The van der Waals surface area contributed by atoms with Crippen molar-refractivity contribution >= 4 is 61.4 Å². The molecular formula is C19H12BrCl2F3N4O4S. The SMILES string of the molecule is O=C(Cn1c(Br)nc(Cl)c1Cl)N/N=C/c1ccccc1OS(=O)(=O)c1ccc(C(F)(F)F)cc1. The van der Waals surface area contributed by atoms with Gasteiger partial charge in [0.15, 0.2) is 15.6 Å². The molecule has 0 atom stereocenters. The van der Waals surface area contributed by atoms with Crippen molar-refractivity contribution < 1.29 is 30.6 Å². The quantitative estimate of drug-likeness (QED) is 0.237. The standard InChI is InChI=1S/C19H12BrCl2F3N4O4S/c20-18-27-16(21)17(22)29(18)10-15(30)28-26-9-11-3-1-2-4-14(11)33-34(31,32)13-7-5-12(6-8-13)19(23,24)25/h1-9H,10H2,(H,28,30)/b26-9+. The van der Waals surface area contributed by atoms with E-state index in [1.165, 1.54) is 22.8 Å². The summed E-state index contributed by atoms with van der Waals surface area (Å²) in [4.78, 5) is 15.5. The number of carbonyl (C=O) groups is 1. The number of amides is 1. The second kappa shape index (κ2) is 10.3. The molecule has 1 N–H and O–H groups in total. The Hall–Kier alpha value is -2.61.